The van der Waals surface area contributed by atoms with Crippen molar-refractivity contribution in [1.29, 1.82) is 0 Å². The van der Waals surface area contributed by atoms with E-state index in [4.69, 9.17) is 10.5 Å². The lowest BCUT2D eigenvalue weighted by Crippen LogP contribution is -2.44. The van der Waals surface area contributed by atoms with E-state index < -0.39 is 17.7 Å². The second-order valence-electron chi connectivity index (χ2n) is 7.26. The van der Waals surface area contributed by atoms with E-state index in [0.717, 1.165) is 5.69 Å². The molecule has 1 aliphatic carbocycles. The summed E-state index contributed by atoms with van der Waals surface area (Å²) < 4.78 is 32.8. The first-order valence-electron chi connectivity index (χ1n) is 8.54. The van der Waals surface area contributed by atoms with Gasteiger partial charge < -0.3 is 10.5 Å². The molecular weight excluding hydrogens is 332 g/mol. The monoisotopic (exact) mass is 355 g/mol. The van der Waals surface area contributed by atoms with Gasteiger partial charge in [-0.3, -0.25) is 14.7 Å². The predicted molar refractivity (Wildman–Crippen MR) is 88.7 cm³/mol. The van der Waals surface area contributed by atoms with Gasteiger partial charge in [-0.15, -0.1) is 0 Å². The van der Waals surface area contributed by atoms with E-state index in [2.05, 4.69) is 5.32 Å². The molecule has 1 unspecified atom stereocenters. The maximum atomic E-state index is 13.1. The van der Waals surface area contributed by atoms with Crippen molar-refractivity contribution in [2.24, 2.45) is 11.7 Å². The number of anilines is 1. The van der Waals surface area contributed by atoms with Gasteiger partial charge in [0.05, 0.1) is 12.3 Å². The summed E-state index contributed by atoms with van der Waals surface area (Å²) in [6, 6.07) is 3.30. The molecule has 0 saturated heterocycles. The van der Waals surface area contributed by atoms with Crippen LogP contribution in [0.15, 0.2) is 16.9 Å². The van der Waals surface area contributed by atoms with Gasteiger partial charge in [0.2, 0.25) is 5.92 Å². The number of aromatic nitrogens is 1. The number of ether oxygens (including phenoxy) is 1. The summed E-state index contributed by atoms with van der Waals surface area (Å²) in [5.74, 6) is -2.67. The maximum absolute atomic E-state index is 13.1. The number of halogens is 2. The van der Waals surface area contributed by atoms with E-state index in [1.165, 1.54) is 10.6 Å². The Morgan fingerprint density at radius 3 is 2.72 bits per heavy atom. The second-order valence-corrected chi connectivity index (χ2v) is 7.26. The van der Waals surface area contributed by atoms with Gasteiger partial charge in [-0.05, 0) is 50.7 Å². The molecule has 1 aromatic rings. The van der Waals surface area contributed by atoms with Gasteiger partial charge in [-0.1, -0.05) is 0 Å². The van der Waals surface area contributed by atoms with E-state index >= 15 is 0 Å². The summed E-state index contributed by atoms with van der Waals surface area (Å²) in [4.78, 5) is 24.5. The van der Waals surface area contributed by atoms with E-state index in [1.807, 2.05) is 0 Å². The van der Waals surface area contributed by atoms with Crippen molar-refractivity contribution in [1.82, 2.24) is 4.57 Å². The number of hydrogen-bond donors (Lipinski definition) is 2. The number of alkyl halides is 2. The molecule has 1 atom stereocenters. The molecule has 2 aliphatic rings. The highest BCUT2D eigenvalue weighted by Gasteiger charge is 2.35. The molecule has 8 heteroatoms. The first-order valence-corrected chi connectivity index (χ1v) is 8.54. The topological polar surface area (TPSA) is 86.3 Å². The van der Waals surface area contributed by atoms with Gasteiger partial charge in [0.25, 0.3) is 5.56 Å². The number of rotatable bonds is 3. The first kappa shape index (κ1) is 17.8. The zero-order chi connectivity index (χ0) is 18.2. The highest BCUT2D eigenvalue weighted by Crippen LogP contribution is 2.36. The minimum absolute atomic E-state index is 0.0705. The van der Waals surface area contributed by atoms with Gasteiger partial charge >= 0.3 is 6.09 Å². The summed E-state index contributed by atoms with van der Waals surface area (Å²) in [6.07, 6.45) is 0.905. The fourth-order valence-corrected chi connectivity index (χ4v) is 3.53. The lowest BCUT2D eigenvalue weighted by atomic mass is 9.87. The van der Waals surface area contributed by atoms with Crippen molar-refractivity contribution in [3.8, 4) is 0 Å². The molecule has 3 N–H and O–H groups in total. The fourth-order valence-electron chi connectivity index (χ4n) is 3.53. The molecule has 6 nitrogen and oxygen atoms in total. The smallest absolute Gasteiger partial charge is 0.411 e. The second kappa shape index (κ2) is 6.40. The van der Waals surface area contributed by atoms with E-state index in [1.54, 1.807) is 13.0 Å². The molecule has 1 aliphatic heterocycles. The van der Waals surface area contributed by atoms with Crippen LogP contribution in [0.25, 0.3) is 0 Å². The summed E-state index contributed by atoms with van der Waals surface area (Å²) >= 11 is 0. The Hall–Kier alpha value is -1.96. The zero-order valence-corrected chi connectivity index (χ0v) is 14.2. The lowest BCUT2D eigenvalue weighted by Gasteiger charge is -2.27. The lowest BCUT2D eigenvalue weighted by molar-refractivity contribution is -0.0512. The molecule has 0 aromatic carbocycles. The van der Waals surface area contributed by atoms with Gasteiger partial charge in [-0.25, -0.2) is 13.6 Å². The van der Waals surface area contributed by atoms with Gasteiger partial charge in [-0.2, -0.15) is 0 Å². The van der Waals surface area contributed by atoms with Crippen LogP contribution in [0.2, 0.25) is 0 Å². The third-order valence-corrected chi connectivity index (χ3v) is 5.08. The van der Waals surface area contributed by atoms with Gasteiger partial charge in [0, 0.05) is 18.5 Å². The third kappa shape index (κ3) is 3.84. The molecule has 0 radical (unpaired) electrons. The predicted octanol–water partition coefficient (Wildman–Crippen LogP) is 2.80. The van der Waals surface area contributed by atoms with E-state index in [9.17, 15) is 18.4 Å². The number of nitrogens with two attached hydrogens (primary N) is 1. The zero-order valence-electron chi connectivity index (χ0n) is 14.2. The Balaban J connectivity index is 1.58. The summed E-state index contributed by atoms with van der Waals surface area (Å²) in [5, 5.41) is 2.44. The molecule has 1 amide bonds. The van der Waals surface area contributed by atoms with Crippen LogP contribution in [0.1, 0.15) is 44.7 Å². The quantitative estimate of drug-likeness (QED) is 0.873. The Kier molecular flexibility index (Phi) is 4.57. The van der Waals surface area contributed by atoms with Crippen LogP contribution < -0.4 is 16.6 Å². The molecule has 2 heterocycles. The fraction of sp³-hybridized carbons (Fsp3) is 0.647. The number of aryl methyl sites for hydroxylation is 1. The van der Waals surface area contributed by atoms with Crippen LogP contribution in [0.5, 0.6) is 0 Å². The number of nitrogens with one attached hydrogen (secondary N) is 1. The Morgan fingerprint density at radius 2 is 2.04 bits per heavy atom. The number of hydrogen-bond acceptors (Lipinski definition) is 4. The highest BCUT2D eigenvalue weighted by atomic mass is 19.3. The van der Waals surface area contributed by atoms with E-state index in [-0.39, 0.29) is 36.6 Å². The Bertz CT molecular complexity index is 720. The molecule has 1 aromatic heterocycles. The average molecular weight is 355 g/mol. The summed E-state index contributed by atoms with van der Waals surface area (Å²) in [7, 11) is 0. The van der Waals surface area contributed by atoms with Crippen LogP contribution in [0.4, 0.5) is 19.3 Å². The first-order chi connectivity index (χ1) is 11.7. The molecule has 138 valence electrons. The van der Waals surface area contributed by atoms with Crippen molar-refractivity contribution in [3.63, 3.8) is 0 Å². The third-order valence-electron chi connectivity index (χ3n) is 5.08. The highest BCUT2D eigenvalue weighted by molar-refractivity contribution is 5.84. The minimum atomic E-state index is -2.60. The molecule has 1 saturated carbocycles. The summed E-state index contributed by atoms with van der Waals surface area (Å²) in [6.45, 7) is 1.84. The van der Waals surface area contributed by atoms with Crippen LogP contribution in [-0.2, 0) is 16.8 Å². The number of fused-ring (bicyclic) bond motifs is 1. The Labute approximate surface area is 144 Å². The largest absolute Gasteiger partial charge is 0.449 e. The van der Waals surface area contributed by atoms with Gasteiger partial charge in [0.1, 0.15) is 5.69 Å². The van der Waals surface area contributed by atoms with Crippen molar-refractivity contribution in [2.45, 2.75) is 57.0 Å². The molecule has 0 spiro atoms. The normalized spacial score (nSPS) is 25.4. The van der Waals surface area contributed by atoms with E-state index in [0.29, 0.717) is 25.7 Å². The molecule has 0 bridgehead atoms. The number of nitrogens with zero attached hydrogens (tertiary/aromatic N) is 1. The standard InChI is InChI=1S/C17H23F2N3O3/c1-16(20)7-6-12-2-3-13(14(23)22(12)16)21-15(24)25-10-11-4-8-17(18,19)9-5-11/h2-3,11H,4-10,20H2,1H3,(H,21,24). The summed E-state index contributed by atoms with van der Waals surface area (Å²) in [5.41, 5.74) is 5.91. The van der Waals surface area contributed by atoms with Crippen molar-refractivity contribution < 1.29 is 18.3 Å². The minimum Gasteiger partial charge on any atom is -0.449 e. The van der Waals surface area contributed by atoms with Crippen molar-refractivity contribution >= 4 is 11.8 Å². The number of amides is 1. The molecule has 25 heavy (non-hydrogen) atoms. The molecule has 3 rings (SSSR count). The van der Waals surface area contributed by atoms with Crippen molar-refractivity contribution in [2.75, 3.05) is 11.9 Å². The number of pyridine rings is 1. The SMILES string of the molecule is CC1(N)CCc2ccc(NC(=O)OCC3CCC(F)(F)CC3)c(=O)n21. The Morgan fingerprint density at radius 1 is 1.36 bits per heavy atom. The number of carbonyl (C=O) groups is 1. The van der Waals surface area contributed by atoms with Crippen LogP contribution in [0.3, 0.4) is 0 Å². The molecule has 1 fully saturated rings. The van der Waals surface area contributed by atoms with Crippen LogP contribution in [-0.4, -0.2) is 23.2 Å². The van der Waals surface area contributed by atoms with Gasteiger partial charge in [0.15, 0.2) is 0 Å². The van der Waals surface area contributed by atoms with Crippen molar-refractivity contribution in [3.05, 3.63) is 28.2 Å². The maximum Gasteiger partial charge on any atom is 0.411 e. The average Bonchev–Trinajstić information content (AvgIpc) is 2.85. The number of carbonyl (C=O) groups excluding carboxylic acids is 1. The molecular formula is C17H23F2N3O3. The van der Waals surface area contributed by atoms with Crippen LogP contribution in [0, 0.1) is 5.92 Å². The van der Waals surface area contributed by atoms with Crippen LogP contribution >= 0.6 is 0 Å².